The third kappa shape index (κ3) is 3.57. The number of aromatic nitrogens is 1. The van der Waals surface area contributed by atoms with Crippen LogP contribution in [0.15, 0.2) is 42.6 Å². The lowest BCUT2D eigenvalue weighted by Crippen LogP contribution is -2.34. The van der Waals surface area contributed by atoms with E-state index in [1.54, 1.807) is 12.1 Å². The molecule has 1 aromatic carbocycles. The number of carbonyl (C=O) groups is 1. The zero-order valence-electron chi connectivity index (χ0n) is 14.4. The van der Waals surface area contributed by atoms with Crippen LogP contribution < -0.4 is 10.1 Å². The molecule has 0 radical (unpaired) electrons. The minimum atomic E-state index is -0.611. The number of fused-ring (bicyclic) bond motifs is 1. The topological polar surface area (TPSA) is 80.7 Å². The summed E-state index contributed by atoms with van der Waals surface area (Å²) in [5.74, 6) is 0.260. The summed E-state index contributed by atoms with van der Waals surface area (Å²) in [6.07, 6.45) is 3.27. The first kappa shape index (κ1) is 17.0. The van der Waals surface area contributed by atoms with E-state index in [1.165, 1.54) is 6.20 Å². The molecule has 0 saturated carbocycles. The number of aliphatic hydroxyl groups is 1. The van der Waals surface area contributed by atoms with E-state index >= 15 is 0 Å². The smallest absolute Gasteiger partial charge is 0.253 e. The monoisotopic (exact) mass is 354 g/mol. The molecule has 2 N–H and O–H groups in total. The molecule has 2 aliphatic rings. The number of hydrogen-bond acceptors (Lipinski definition) is 5. The standard InChI is InChI=1S/C20H22N2O4/c23-17-11-13-3-1-2-4-16(13)19(17)22-20(24)14-5-6-18(21-12-14)26-15-7-9-25-10-8-15/h1-6,12,15,17,19,23H,7-11H2,(H,22,24). The highest BCUT2D eigenvalue weighted by atomic mass is 16.5. The first-order valence-corrected chi connectivity index (χ1v) is 8.98. The molecular formula is C20H22N2O4. The van der Waals surface area contributed by atoms with Gasteiger partial charge in [0, 0.05) is 31.5 Å². The zero-order valence-corrected chi connectivity index (χ0v) is 14.4. The highest BCUT2D eigenvalue weighted by Gasteiger charge is 2.32. The lowest BCUT2D eigenvalue weighted by Gasteiger charge is -2.22. The van der Waals surface area contributed by atoms with Crippen molar-refractivity contribution in [2.75, 3.05) is 13.2 Å². The average molecular weight is 354 g/mol. The van der Waals surface area contributed by atoms with Gasteiger partial charge in [-0.25, -0.2) is 4.98 Å². The number of ether oxygens (including phenoxy) is 2. The normalized spacial score (nSPS) is 22.7. The van der Waals surface area contributed by atoms with Gasteiger partial charge in [-0.1, -0.05) is 24.3 Å². The van der Waals surface area contributed by atoms with Crippen LogP contribution in [0.25, 0.3) is 0 Å². The molecule has 26 heavy (non-hydrogen) atoms. The van der Waals surface area contributed by atoms with Crippen molar-refractivity contribution in [1.29, 1.82) is 0 Å². The van der Waals surface area contributed by atoms with Crippen molar-refractivity contribution in [3.8, 4) is 5.88 Å². The summed E-state index contributed by atoms with van der Waals surface area (Å²) >= 11 is 0. The molecule has 0 spiro atoms. The van der Waals surface area contributed by atoms with Gasteiger partial charge in [0.05, 0.1) is 30.9 Å². The van der Waals surface area contributed by atoms with Crippen molar-refractivity contribution >= 4 is 5.91 Å². The SMILES string of the molecule is O=C(NC1c2ccccc2CC1O)c1ccc(OC2CCOCC2)nc1. The fraction of sp³-hybridized carbons (Fsp3) is 0.400. The van der Waals surface area contributed by atoms with E-state index in [9.17, 15) is 9.90 Å². The van der Waals surface area contributed by atoms with E-state index in [1.807, 2.05) is 24.3 Å². The summed E-state index contributed by atoms with van der Waals surface area (Å²) in [5.41, 5.74) is 2.49. The largest absolute Gasteiger partial charge is 0.474 e. The Morgan fingerprint density at radius 2 is 2.00 bits per heavy atom. The molecule has 136 valence electrons. The van der Waals surface area contributed by atoms with E-state index in [0.29, 0.717) is 31.1 Å². The number of rotatable bonds is 4. The molecule has 6 nitrogen and oxygen atoms in total. The molecule has 2 atom stereocenters. The predicted molar refractivity (Wildman–Crippen MR) is 95.1 cm³/mol. The molecule has 2 heterocycles. The van der Waals surface area contributed by atoms with Crippen LogP contribution in [0.4, 0.5) is 0 Å². The molecule has 1 aromatic heterocycles. The number of nitrogens with one attached hydrogen (secondary N) is 1. The highest BCUT2D eigenvalue weighted by Crippen LogP contribution is 2.31. The van der Waals surface area contributed by atoms with Crippen LogP contribution in [0.3, 0.4) is 0 Å². The van der Waals surface area contributed by atoms with Crippen LogP contribution in [0.2, 0.25) is 0 Å². The Balaban J connectivity index is 1.40. The van der Waals surface area contributed by atoms with Crippen LogP contribution >= 0.6 is 0 Å². The van der Waals surface area contributed by atoms with E-state index in [4.69, 9.17) is 9.47 Å². The fourth-order valence-electron chi connectivity index (χ4n) is 3.52. The second kappa shape index (κ2) is 7.43. The van der Waals surface area contributed by atoms with Crippen molar-refractivity contribution < 1.29 is 19.4 Å². The Bertz CT molecular complexity index is 772. The number of benzene rings is 1. The minimum absolute atomic E-state index is 0.112. The highest BCUT2D eigenvalue weighted by molar-refractivity contribution is 5.94. The Morgan fingerprint density at radius 1 is 1.19 bits per heavy atom. The first-order chi connectivity index (χ1) is 12.7. The Kier molecular flexibility index (Phi) is 4.86. The molecule has 2 aromatic rings. The summed E-state index contributed by atoms with van der Waals surface area (Å²) in [5, 5.41) is 13.2. The summed E-state index contributed by atoms with van der Waals surface area (Å²) in [4.78, 5) is 16.8. The Labute approximate surface area is 152 Å². The van der Waals surface area contributed by atoms with Crippen LogP contribution in [-0.2, 0) is 11.2 Å². The van der Waals surface area contributed by atoms with E-state index in [-0.39, 0.29) is 12.0 Å². The summed E-state index contributed by atoms with van der Waals surface area (Å²) in [6.45, 7) is 1.41. The molecular weight excluding hydrogens is 332 g/mol. The molecule has 2 unspecified atom stereocenters. The predicted octanol–water partition coefficient (Wildman–Crippen LogP) is 2.03. The summed E-state index contributed by atoms with van der Waals surface area (Å²) < 4.78 is 11.1. The van der Waals surface area contributed by atoms with E-state index in [2.05, 4.69) is 10.3 Å². The summed E-state index contributed by atoms with van der Waals surface area (Å²) in [7, 11) is 0. The van der Waals surface area contributed by atoms with Gasteiger partial charge in [0.25, 0.3) is 5.91 Å². The fourth-order valence-corrected chi connectivity index (χ4v) is 3.52. The van der Waals surface area contributed by atoms with Crippen molar-refractivity contribution in [2.45, 2.75) is 37.5 Å². The molecule has 1 aliphatic heterocycles. The van der Waals surface area contributed by atoms with Crippen molar-refractivity contribution in [1.82, 2.24) is 10.3 Å². The van der Waals surface area contributed by atoms with Gasteiger partial charge in [0.1, 0.15) is 6.10 Å². The molecule has 1 saturated heterocycles. The number of hydrogen-bond donors (Lipinski definition) is 2. The van der Waals surface area contributed by atoms with Crippen LogP contribution in [0, 0.1) is 0 Å². The van der Waals surface area contributed by atoms with E-state index < -0.39 is 12.1 Å². The number of aliphatic hydroxyl groups excluding tert-OH is 1. The van der Waals surface area contributed by atoms with Gasteiger partial charge in [-0.05, 0) is 17.2 Å². The van der Waals surface area contributed by atoms with Crippen molar-refractivity contribution in [3.63, 3.8) is 0 Å². The summed E-state index contributed by atoms with van der Waals surface area (Å²) in [6, 6.07) is 10.8. The molecule has 4 rings (SSSR count). The zero-order chi connectivity index (χ0) is 17.9. The molecule has 1 aliphatic carbocycles. The Hall–Kier alpha value is -2.44. The minimum Gasteiger partial charge on any atom is -0.474 e. The lowest BCUT2D eigenvalue weighted by atomic mass is 10.1. The maximum Gasteiger partial charge on any atom is 0.253 e. The van der Waals surface area contributed by atoms with Crippen LogP contribution in [0.5, 0.6) is 5.88 Å². The third-order valence-corrected chi connectivity index (χ3v) is 4.94. The van der Waals surface area contributed by atoms with Gasteiger partial charge in [-0.2, -0.15) is 0 Å². The number of pyridine rings is 1. The van der Waals surface area contributed by atoms with Crippen LogP contribution in [-0.4, -0.2) is 41.4 Å². The molecule has 1 amide bonds. The van der Waals surface area contributed by atoms with Gasteiger partial charge >= 0.3 is 0 Å². The third-order valence-electron chi connectivity index (χ3n) is 4.94. The number of nitrogens with zero attached hydrogens (tertiary/aromatic N) is 1. The van der Waals surface area contributed by atoms with Crippen molar-refractivity contribution in [3.05, 3.63) is 59.3 Å². The van der Waals surface area contributed by atoms with Gasteiger partial charge < -0.3 is 19.9 Å². The number of carbonyl (C=O) groups excluding carboxylic acids is 1. The first-order valence-electron chi connectivity index (χ1n) is 8.98. The second-order valence-corrected chi connectivity index (χ2v) is 6.74. The maximum absolute atomic E-state index is 12.5. The second-order valence-electron chi connectivity index (χ2n) is 6.74. The van der Waals surface area contributed by atoms with Gasteiger partial charge in [-0.3, -0.25) is 4.79 Å². The lowest BCUT2D eigenvalue weighted by molar-refractivity contribution is 0.0237. The number of amides is 1. The van der Waals surface area contributed by atoms with Gasteiger partial charge in [0.15, 0.2) is 0 Å². The van der Waals surface area contributed by atoms with Crippen LogP contribution in [0.1, 0.15) is 40.4 Å². The molecule has 1 fully saturated rings. The Morgan fingerprint density at radius 3 is 2.77 bits per heavy atom. The van der Waals surface area contributed by atoms with Gasteiger partial charge in [0.2, 0.25) is 5.88 Å². The molecule has 6 heteroatoms. The average Bonchev–Trinajstić information content (AvgIpc) is 2.98. The van der Waals surface area contributed by atoms with E-state index in [0.717, 1.165) is 24.0 Å². The van der Waals surface area contributed by atoms with Crippen molar-refractivity contribution in [2.24, 2.45) is 0 Å². The van der Waals surface area contributed by atoms with Gasteiger partial charge in [-0.15, -0.1) is 0 Å². The maximum atomic E-state index is 12.5. The quantitative estimate of drug-likeness (QED) is 0.878. The molecule has 0 bridgehead atoms.